The molecule has 1 saturated heterocycles. The zero-order chi connectivity index (χ0) is 24.0. The molecule has 34 heavy (non-hydrogen) atoms. The van der Waals surface area contributed by atoms with Crippen LogP contribution in [0, 0.1) is 19.7 Å². The lowest BCUT2D eigenvalue weighted by Crippen LogP contribution is -2.29. The number of hydrogen-bond donors (Lipinski definition) is 2. The molecule has 1 fully saturated rings. The summed E-state index contributed by atoms with van der Waals surface area (Å²) in [6.07, 6.45) is 1.75. The molecule has 1 aliphatic rings. The van der Waals surface area contributed by atoms with Crippen LogP contribution in [0.2, 0.25) is 5.02 Å². The van der Waals surface area contributed by atoms with Crippen LogP contribution in [0.3, 0.4) is 0 Å². The number of aryl methyl sites for hydroxylation is 1. The third-order valence-corrected chi connectivity index (χ3v) is 6.72. The highest BCUT2D eigenvalue weighted by Gasteiger charge is 2.42. The van der Waals surface area contributed by atoms with E-state index in [4.69, 9.17) is 23.8 Å². The number of halogens is 2. The van der Waals surface area contributed by atoms with Gasteiger partial charge in [0.05, 0.1) is 23.5 Å². The largest absolute Gasteiger partial charge is 0.506 e. The molecule has 4 aromatic rings. The van der Waals surface area contributed by atoms with Gasteiger partial charge in [0.1, 0.15) is 11.6 Å². The van der Waals surface area contributed by atoms with E-state index >= 15 is 0 Å². The number of thiocarbonyl (C=S) groups is 1. The standard InChI is InChI=1S/C26H22ClFN4OS/c1-15-13-20(16(2)31(15)22-14-17(27)6-11-23(22)33)25-24(21-5-3-4-12-29-21)30-26(34)32(25)19-9-7-18(28)8-10-19/h3-14,24-25,33H,1-2H3,(H,30,34)/t24-,25-/m0/s1. The van der Waals surface area contributed by atoms with Crippen LogP contribution in [-0.2, 0) is 0 Å². The smallest absolute Gasteiger partial charge is 0.174 e. The second-order valence-corrected chi connectivity index (χ2v) is 9.09. The van der Waals surface area contributed by atoms with E-state index in [1.807, 2.05) is 41.5 Å². The SMILES string of the molecule is Cc1cc([C@H]2[C@H](c3ccccn3)NC(=S)N2c2ccc(F)cc2)c(C)n1-c1cc(Cl)ccc1O. The monoisotopic (exact) mass is 492 g/mol. The van der Waals surface area contributed by atoms with Gasteiger partial charge in [-0.15, -0.1) is 0 Å². The Morgan fingerprint density at radius 1 is 1.06 bits per heavy atom. The van der Waals surface area contributed by atoms with Crippen LogP contribution in [-0.4, -0.2) is 19.8 Å². The van der Waals surface area contributed by atoms with E-state index in [0.29, 0.717) is 15.8 Å². The summed E-state index contributed by atoms with van der Waals surface area (Å²) in [5, 5.41) is 15.1. The molecule has 5 rings (SSSR count). The average molecular weight is 493 g/mol. The maximum absolute atomic E-state index is 13.7. The van der Waals surface area contributed by atoms with Gasteiger partial charge in [0.2, 0.25) is 0 Å². The van der Waals surface area contributed by atoms with Crippen LogP contribution in [0.5, 0.6) is 5.75 Å². The zero-order valence-corrected chi connectivity index (χ0v) is 20.1. The Kier molecular flexibility index (Phi) is 5.75. The van der Waals surface area contributed by atoms with Crippen LogP contribution in [0.1, 0.15) is 34.7 Å². The van der Waals surface area contributed by atoms with E-state index in [9.17, 15) is 9.50 Å². The van der Waals surface area contributed by atoms with Gasteiger partial charge >= 0.3 is 0 Å². The minimum absolute atomic E-state index is 0.134. The number of nitrogens with one attached hydrogen (secondary N) is 1. The highest BCUT2D eigenvalue weighted by Crippen LogP contribution is 2.44. The molecular formula is C26H22ClFN4OS. The van der Waals surface area contributed by atoms with Crippen LogP contribution < -0.4 is 10.2 Å². The molecule has 2 aromatic heterocycles. The molecule has 3 heterocycles. The number of phenolic OH excluding ortho intramolecular Hbond substituents is 1. The molecule has 2 aromatic carbocycles. The van der Waals surface area contributed by atoms with Crippen LogP contribution in [0.15, 0.2) is 72.9 Å². The van der Waals surface area contributed by atoms with Crippen molar-refractivity contribution in [1.29, 1.82) is 0 Å². The highest BCUT2D eigenvalue weighted by molar-refractivity contribution is 7.80. The Morgan fingerprint density at radius 3 is 2.53 bits per heavy atom. The molecule has 0 aliphatic carbocycles. The Hall–Kier alpha value is -3.42. The van der Waals surface area contributed by atoms with E-state index in [0.717, 1.165) is 28.3 Å². The number of rotatable bonds is 4. The summed E-state index contributed by atoms with van der Waals surface area (Å²) < 4.78 is 15.7. The number of hydrogen-bond acceptors (Lipinski definition) is 3. The third-order valence-electron chi connectivity index (χ3n) is 6.17. The molecule has 0 saturated carbocycles. The molecule has 2 atom stereocenters. The molecule has 2 N–H and O–H groups in total. The highest BCUT2D eigenvalue weighted by atomic mass is 35.5. The summed E-state index contributed by atoms with van der Waals surface area (Å²) in [5.74, 6) is -0.177. The number of anilines is 1. The second kappa shape index (κ2) is 8.74. The van der Waals surface area contributed by atoms with Crippen molar-refractivity contribution >= 4 is 34.6 Å². The van der Waals surface area contributed by atoms with Gasteiger partial charge in [-0.2, -0.15) is 0 Å². The topological polar surface area (TPSA) is 53.3 Å². The first-order valence-corrected chi connectivity index (χ1v) is 11.6. The van der Waals surface area contributed by atoms with E-state index < -0.39 is 0 Å². The van der Waals surface area contributed by atoms with Gasteiger partial charge in [0.25, 0.3) is 0 Å². The molecule has 8 heteroatoms. The quantitative estimate of drug-likeness (QED) is 0.334. The lowest BCUT2D eigenvalue weighted by atomic mass is 9.96. The van der Waals surface area contributed by atoms with Gasteiger partial charge in [-0.05, 0) is 92.3 Å². The average Bonchev–Trinajstić information content (AvgIpc) is 3.32. The number of nitrogens with zero attached hydrogens (tertiary/aromatic N) is 3. The first kappa shape index (κ1) is 22.4. The van der Waals surface area contributed by atoms with Crippen LogP contribution in [0.25, 0.3) is 5.69 Å². The van der Waals surface area contributed by atoms with Crippen molar-refractivity contribution < 1.29 is 9.50 Å². The molecule has 0 amide bonds. The summed E-state index contributed by atoms with van der Waals surface area (Å²) in [7, 11) is 0. The van der Waals surface area contributed by atoms with Crippen molar-refractivity contribution in [3.05, 3.63) is 106 Å². The lowest BCUT2D eigenvalue weighted by Gasteiger charge is -2.28. The summed E-state index contributed by atoms with van der Waals surface area (Å²) in [5.41, 5.74) is 5.09. The minimum Gasteiger partial charge on any atom is -0.506 e. The number of aromatic hydroxyl groups is 1. The Labute approximate surface area is 207 Å². The predicted molar refractivity (Wildman–Crippen MR) is 136 cm³/mol. The van der Waals surface area contributed by atoms with E-state index in [2.05, 4.69) is 16.4 Å². The number of aromatic nitrogens is 2. The maximum atomic E-state index is 13.7. The van der Waals surface area contributed by atoms with Gasteiger partial charge in [0.15, 0.2) is 5.11 Å². The van der Waals surface area contributed by atoms with Gasteiger partial charge in [0, 0.05) is 28.3 Å². The lowest BCUT2D eigenvalue weighted by molar-refractivity contribution is 0.471. The van der Waals surface area contributed by atoms with Gasteiger partial charge in [-0.1, -0.05) is 17.7 Å². The molecule has 0 spiro atoms. The fourth-order valence-electron chi connectivity index (χ4n) is 4.68. The molecule has 172 valence electrons. The fourth-order valence-corrected chi connectivity index (χ4v) is 5.20. The Morgan fingerprint density at radius 2 is 1.82 bits per heavy atom. The van der Waals surface area contributed by atoms with Gasteiger partial charge in [-0.3, -0.25) is 4.98 Å². The number of benzene rings is 2. The summed E-state index contributed by atoms with van der Waals surface area (Å²) in [6.45, 7) is 3.98. The molecule has 0 bridgehead atoms. The Balaban J connectivity index is 1.70. The van der Waals surface area contributed by atoms with E-state index in [-0.39, 0.29) is 23.7 Å². The zero-order valence-electron chi connectivity index (χ0n) is 18.5. The van der Waals surface area contributed by atoms with E-state index in [1.54, 1.807) is 36.5 Å². The third kappa shape index (κ3) is 3.81. The summed E-state index contributed by atoms with van der Waals surface area (Å²) in [4.78, 5) is 6.58. The van der Waals surface area contributed by atoms with Crippen LogP contribution in [0.4, 0.5) is 10.1 Å². The van der Waals surface area contributed by atoms with Gasteiger partial charge in [-0.25, -0.2) is 4.39 Å². The molecule has 1 aliphatic heterocycles. The van der Waals surface area contributed by atoms with Crippen molar-refractivity contribution in [3.8, 4) is 11.4 Å². The van der Waals surface area contributed by atoms with Gasteiger partial charge < -0.3 is 19.9 Å². The molecule has 0 radical (unpaired) electrons. The fraction of sp³-hybridized carbons (Fsp3) is 0.154. The molecule has 0 unspecified atom stereocenters. The summed E-state index contributed by atoms with van der Waals surface area (Å²) in [6, 6.07) is 18.7. The van der Waals surface area contributed by atoms with Crippen molar-refractivity contribution in [1.82, 2.24) is 14.9 Å². The number of pyridine rings is 1. The normalized spacial score (nSPS) is 17.8. The van der Waals surface area contributed by atoms with E-state index in [1.165, 1.54) is 12.1 Å². The van der Waals surface area contributed by atoms with Crippen molar-refractivity contribution in [2.24, 2.45) is 0 Å². The number of phenols is 1. The molecular weight excluding hydrogens is 471 g/mol. The minimum atomic E-state index is -0.311. The second-order valence-electron chi connectivity index (χ2n) is 8.27. The molecule has 5 nitrogen and oxygen atoms in total. The maximum Gasteiger partial charge on any atom is 0.174 e. The first-order valence-electron chi connectivity index (χ1n) is 10.8. The predicted octanol–water partition coefficient (Wildman–Crippen LogP) is 6.16. The Bertz CT molecular complexity index is 1370. The van der Waals surface area contributed by atoms with Crippen molar-refractivity contribution in [3.63, 3.8) is 0 Å². The van der Waals surface area contributed by atoms with Crippen LogP contribution >= 0.6 is 23.8 Å². The first-order chi connectivity index (χ1) is 16.3. The summed E-state index contributed by atoms with van der Waals surface area (Å²) >= 11 is 12.0. The van der Waals surface area contributed by atoms with Crippen molar-refractivity contribution in [2.75, 3.05) is 4.90 Å². The van der Waals surface area contributed by atoms with Crippen molar-refractivity contribution in [2.45, 2.75) is 25.9 Å².